The van der Waals surface area contributed by atoms with Gasteiger partial charge in [0.1, 0.15) is 5.75 Å². The van der Waals surface area contributed by atoms with Crippen LogP contribution in [0, 0.1) is 0 Å². The van der Waals surface area contributed by atoms with Crippen LogP contribution in [0.4, 0.5) is 0 Å². The van der Waals surface area contributed by atoms with E-state index in [2.05, 4.69) is 4.98 Å². The lowest BCUT2D eigenvalue weighted by molar-refractivity contribution is 0.0697. The van der Waals surface area contributed by atoms with Crippen molar-refractivity contribution in [3.05, 3.63) is 48.3 Å². The zero-order valence-electron chi connectivity index (χ0n) is 9.96. The highest BCUT2D eigenvalue weighted by atomic mass is 16.5. The highest BCUT2D eigenvalue weighted by Gasteiger charge is 2.11. The Kier molecular flexibility index (Phi) is 3.57. The predicted molar refractivity (Wildman–Crippen MR) is 67.8 cm³/mol. The highest BCUT2D eigenvalue weighted by Crippen LogP contribution is 2.26. The summed E-state index contributed by atoms with van der Waals surface area (Å²) in [7, 11) is 0. The molecule has 1 N–H and O–H groups in total. The first kappa shape index (κ1) is 12.1. The van der Waals surface area contributed by atoms with Crippen molar-refractivity contribution in [3.8, 4) is 16.9 Å². The van der Waals surface area contributed by atoms with E-state index in [0.29, 0.717) is 12.2 Å². The van der Waals surface area contributed by atoms with E-state index in [1.54, 1.807) is 6.20 Å². The lowest BCUT2D eigenvalue weighted by atomic mass is 10.0. The van der Waals surface area contributed by atoms with Crippen LogP contribution in [0.15, 0.2) is 42.7 Å². The molecule has 4 heteroatoms. The Bertz CT molecular complexity index is 566. The molecule has 0 amide bonds. The van der Waals surface area contributed by atoms with Crippen LogP contribution in [0.5, 0.6) is 5.75 Å². The minimum Gasteiger partial charge on any atom is -0.494 e. The van der Waals surface area contributed by atoms with E-state index >= 15 is 0 Å². The van der Waals surface area contributed by atoms with Crippen LogP contribution >= 0.6 is 0 Å². The number of aromatic nitrogens is 1. The third kappa shape index (κ3) is 2.48. The van der Waals surface area contributed by atoms with Gasteiger partial charge < -0.3 is 9.84 Å². The summed E-state index contributed by atoms with van der Waals surface area (Å²) < 4.78 is 5.40. The molecule has 0 bridgehead atoms. The van der Waals surface area contributed by atoms with E-state index < -0.39 is 5.97 Å². The Morgan fingerprint density at radius 1 is 1.39 bits per heavy atom. The van der Waals surface area contributed by atoms with Crippen molar-refractivity contribution in [3.63, 3.8) is 0 Å². The first-order valence-corrected chi connectivity index (χ1v) is 5.63. The molecule has 0 aliphatic heterocycles. The fourth-order valence-electron chi connectivity index (χ4n) is 1.73. The van der Waals surface area contributed by atoms with Crippen molar-refractivity contribution >= 4 is 5.97 Å². The second kappa shape index (κ2) is 5.31. The van der Waals surface area contributed by atoms with Crippen molar-refractivity contribution in [2.45, 2.75) is 6.92 Å². The summed E-state index contributed by atoms with van der Waals surface area (Å²) in [6.45, 7) is 2.47. The fourth-order valence-corrected chi connectivity index (χ4v) is 1.73. The van der Waals surface area contributed by atoms with E-state index in [1.165, 1.54) is 12.3 Å². The molecule has 2 rings (SSSR count). The molecule has 18 heavy (non-hydrogen) atoms. The van der Waals surface area contributed by atoms with Gasteiger partial charge in [0.05, 0.1) is 12.2 Å². The number of carboxylic acids is 1. The molecule has 1 heterocycles. The minimum atomic E-state index is -0.964. The fraction of sp³-hybridized carbons (Fsp3) is 0.143. The SMILES string of the molecule is CCOc1cccc(-c2cnccc2C(=O)O)c1. The largest absolute Gasteiger partial charge is 0.494 e. The van der Waals surface area contributed by atoms with Gasteiger partial charge in [0.25, 0.3) is 0 Å². The number of carboxylic acid groups (broad SMARTS) is 1. The van der Waals surface area contributed by atoms with Gasteiger partial charge in [-0.1, -0.05) is 12.1 Å². The normalized spacial score (nSPS) is 10.1. The van der Waals surface area contributed by atoms with Gasteiger partial charge in [0.15, 0.2) is 0 Å². The molecular weight excluding hydrogens is 230 g/mol. The standard InChI is InChI=1S/C14H13NO3/c1-2-18-11-5-3-4-10(8-11)13-9-15-7-6-12(13)14(16)17/h3-9H,2H2,1H3,(H,16,17). The van der Waals surface area contributed by atoms with E-state index in [4.69, 9.17) is 9.84 Å². The number of nitrogens with zero attached hydrogens (tertiary/aromatic N) is 1. The lowest BCUT2D eigenvalue weighted by Gasteiger charge is -2.08. The van der Waals surface area contributed by atoms with Crippen LogP contribution < -0.4 is 4.74 Å². The second-order valence-corrected chi connectivity index (χ2v) is 3.69. The van der Waals surface area contributed by atoms with Gasteiger partial charge in [-0.2, -0.15) is 0 Å². The summed E-state index contributed by atoms with van der Waals surface area (Å²) in [5.41, 5.74) is 1.61. The van der Waals surface area contributed by atoms with E-state index in [0.717, 1.165) is 11.3 Å². The van der Waals surface area contributed by atoms with Crippen LogP contribution in [0.3, 0.4) is 0 Å². The molecular formula is C14H13NO3. The zero-order valence-corrected chi connectivity index (χ0v) is 9.96. The molecule has 92 valence electrons. The predicted octanol–water partition coefficient (Wildman–Crippen LogP) is 2.85. The molecule has 4 nitrogen and oxygen atoms in total. The molecule has 0 spiro atoms. The van der Waals surface area contributed by atoms with Crippen LogP contribution in [0.25, 0.3) is 11.1 Å². The maximum Gasteiger partial charge on any atom is 0.336 e. The molecule has 1 aromatic carbocycles. The zero-order chi connectivity index (χ0) is 13.0. The van der Waals surface area contributed by atoms with Crippen LogP contribution in [0.2, 0.25) is 0 Å². The van der Waals surface area contributed by atoms with Crippen molar-refractivity contribution in [2.75, 3.05) is 6.61 Å². The quantitative estimate of drug-likeness (QED) is 0.897. The summed E-state index contributed by atoms with van der Waals surface area (Å²) >= 11 is 0. The average molecular weight is 243 g/mol. The van der Waals surface area contributed by atoms with Gasteiger partial charge >= 0.3 is 5.97 Å². The van der Waals surface area contributed by atoms with Crippen molar-refractivity contribution in [1.29, 1.82) is 0 Å². The maximum atomic E-state index is 11.1. The Morgan fingerprint density at radius 3 is 2.94 bits per heavy atom. The second-order valence-electron chi connectivity index (χ2n) is 3.69. The minimum absolute atomic E-state index is 0.235. The maximum absolute atomic E-state index is 11.1. The van der Waals surface area contributed by atoms with Gasteiger partial charge in [-0.15, -0.1) is 0 Å². The number of hydrogen-bond donors (Lipinski definition) is 1. The third-order valence-electron chi connectivity index (χ3n) is 2.51. The van der Waals surface area contributed by atoms with Crippen LogP contribution in [-0.2, 0) is 0 Å². The molecule has 1 aromatic heterocycles. The van der Waals surface area contributed by atoms with E-state index in [1.807, 2.05) is 31.2 Å². The summed E-state index contributed by atoms with van der Waals surface area (Å²) in [6.07, 6.45) is 3.02. The van der Waals surface area contributed by atoms with Crippen molar-refractivity contribution in [1.82, 2.24) is 4.98 Å². The number of carbonyl (C=O) groups is 1. The molecule has 0 saturated heterocycles. The molecule has 0 saturated carbocycles. The smallest absolute Gasteiger partial charge is 0.336 e. The summed E-state index contributed by atoms with van der Waals surface area (Å²) in [5.74, 6) is -0.246. The first-order chi connectivity index (χ1) is 8.72. The average Bonchev–Trinajstić information content (AvgIpc) is 2.39. The molecule has 0 aliphatic carbocycles. The van der Waals surface area contributed by atoms with Crippen LogP contribution in [0.1, 0.15) is 17.3 Å². The van der Waals surface area contributed by atoms with Gasteiger partial charge in [0.2, 0.25) is 0 Å². The summed E-state index contributed by atoms with van der Waals surface area (Å²) in [6, 6.07) is 8.81. The summed E-state index contributed by atoms with van der Waals surface area (Å²) in [4.78, 5) is 15.1. The third-order valence-corrected chi connectivity index (χ3v) is 2.51. The number of rotatable bonds is 4. The van der Waals surface area contributed by atoms with E-state index in [-0.39, 0.29) is 5.56 Å². The van der Waals surface area contributed by atoms with Gasteiger partial charge in [0, 0.05) is 18.0 Å². The van der Waals surface area contributed by atoms with Gasteiger partial charge in [-0.3, -0.25) is 4.98 Å². The van der Waals surface area contributed by atoms with Crippen molar-refractivity contribution < 1.29 is 14.6 Å². The molecule has 2 aromatic rings. The monoisotopic (exact) mass is 243 g/mol. The molecule has 0 fully saturated rings. The van der Waals surface area contributed by atoms with Gasteiger partial charge in [-0.25, -0.2) is 4.79 Å². The van der Waals surface area contributed by atoms with Crippen LogP contribution in [-0.4, -0.2) is 22.7 Å². The molecule has 0 unspecified atom stereocenters. The number of hydrogen-bond acceptors (Lipinski definition) is 3. The Hall–Kier alpha value is -2.36. The Labute approximate surface area is 105 Å². The number of aromatic carboxylic acids is 1. The number of ether oxygens (including phenoxy) is 1. The number of pyridine rings is 1. The first-order valence-electron chi connectivity index (χ1n) is 5.63. The van der Waals surface area contributed by atoms with Gasteiger partial charge in [-0.05, 0) is 30.7 Å². The molecule has 0 atom stereocenters. The lowest BCUT2D eigenvalue weighted by Crippen LogP contribution is -2.00. The summed E-state index contributed by atoms with van der Waals surface area (Å²) in [5, 5.41) is 9.14. The Balaban J connectivity index is 2.48. The van der Waals surface area contributed by atoms with Crippen molar-refractivity contribution in [2.24, 2.45) is 0 Å². The van der Waals surface area contributed by atoms with E-state index in [9.17, 15) is 4.79 Å². The molecule has 0 radical (unpaired) electrons. The molecule has 0 aliphatic rings. The number of benzene rings is 1. The highest BCUT2D eigenvalue weighted by molar-refractivity contribution is 5.95. The Morgan fingerprint density at radius 2 is 2.22 bits per heavy atom. The topological polar surface area (TPSA) is 59.4 Å².